The van der Waals surface area contributed by atoms with Crippen LogP contribution in [0.5, 0.6) is 0 Å². The number of carbonyl (C=O) groups excluding carboxylic acids is 3. The molecule has 1 fully saturated rings. The molecule has 0 saturated carbocycles. The summed E-state index contributed by atoms with van der Waals surface area (Å²) >= 11 is 0. The lowest BCUT2D eigenvalue weighted by Crippen LogP contribution is -2.58. The zero-order chi connectivity index (χ0) is 23.0. The highest BCUT2D eigenvalue weighted by Crippen LogP contribution is 2.30. The van der Waals surface area contributed by atoms with E-state index in [4.69, 9.17) is 0 Å². The van der Waals surface area contributed by atoms with Gasteiger partial charge in [-0.2, -0.15) is 0 Å². The Hall–Kier alpha value is -3.26. The summed E-state index contributed by atoms with van der Waals surface area (Å²) in [5.41, 5.74) is -0.608. The van der Waals surface area contributed by atoms with Crippen LogP contribution in [0.4, 0.5) is 4.39 Å². The molecule has 0 bridgehead atoms. The van der Waals surface area contributed by atoms with Gasteiger partial charge in [-0.25, -0.2) is 4.39 Å². The van der Waals surface area contributed by atoms with Crippen molar-refractivity contribution < 1.29 is 23.9 Å². The summed E-state index contributed by atoms with van der Waals surface area (Å²) < 4.78 is 15.0. The predicted octanol–water partition coefficient (Wildman–Crippen LogP) is 2.76. The summed E-state index contributed by atoms with van der Waals surface area (Å²) in [4.78, 5) is 38.1. The predicted molar refractivity (Wildman–Crippen MR) is 119 cm³/mol. The van der Waals surface area contributed by atoms with Gasteiger partial charge in [-0.1, -0.05) is 50.2 Å². The van der Waals surface area contributed by atoms with Gasteiger partial charge >= 0.3 is 0 Å². The molecule has 0 spiro atoms. The number of fused-ring (bicyclic) bond motifs is 3. The van der Waals surface area contributed by atoms with E-state index in [1.165, 1.54) is 0 Å². The van der Waals surface area contributed by atoms with Gasteiger partial charge in [0.15, 0.2) is 5.72 Å². The Bertz CT molecular complexity index is 1150. The van der Waals surface area contributed by atoms with Crippen molar-refractivity contribution in [3.63, 3.8) is 0 Å². The molecule has 1 aromatic heterocycles. The topological polar surface area (TPSA) is 100 Å². The molecule has 1 aliphatic rings. The molecule has 0 aliphatic carbocycles. The molecule has 3 atom stereocenters. The van der Waals surface area contributed by atoms with E-state index in [1.54, 1.807) is 4.57 Å². The molecule has 1 saturated heterocycles. The van der Waals surface area contributed by atoms with Crippen molar-refractivity contribution in [2.45, 2.75) is 38.5 Å². The third-order valence-corrected chi connectivity index (χ3v) is 6.21. The lowest BCUT2D eigenvalue weighted by atomic mass is 9.90. The highest BCUT2D eigenvalue weighted by Gasteiger charge is 2.47. The largest absolute Gasteiger partial charge is 0.367 e. The third-order valence-electron chi connectivity index (χ3n) is 6.21. The maximum Gasteiger partial charge on any atom is 0.232 e. The Labute approximate surface area is 184 Å². The maximum atomic E-state index is 13.4. The Morgan fingerprint density at radius 3 is 2.25 bits per heavy atom. The van der Waals surface area contributed by atoms with Crippen molar-refractivity contribution in [3.05, 3.63) is 48.5 Å². The van der Waals surface area contributed by atoms with E-state index in [-0.39, 0.29) is 24.7 Å². The van der Waals surface area contributed by atoms with Crippen LogP contribution in [0.25, 0.3) is 21.8 Å². The van der Waals surface area contributed by atoms with Crippen molar-refractivity contribution in [1.29, 1.82) is 0 Å². The van der Waals surface area contributed by atoms with Crippen molar-refractivity contribution in [3.8, 4) is 0 Å². The molecule has 3 N–H and O–H groups in total. The van der Waals surface area contributed by atoms with Crippen LogP contribution in [-0.4, -0.2) is 45.8 Å². The first-order valence-electron chi connectivity index (χ1n) is 10.7. The summed E-state index contributed by atoms with van der Waals surface area (Å²) in [6, 6.07) is 14.1. The average molecular weight is 439 g/mol. The van der Waals surface area contributed by atoms with Crippen LogP contribution in [-0.2, 0) is 9.59 Å². The molecule has 32 heavy (non-hydrogen) atoms. The summed E-state index contributed by atoms with van der Waals surface area (Å²) in [5.74, 6) is -2.20. The molecule has 168 valence electrons. The Balaban J connectivity index is 1.62. The van der Waals surface area contributed by atoms with Crippen LogP contribution in [0.15, 0.2) is 48.5 Å². The lowest BCUT2D eigenvalue weighted by Gasteiger charge is -2.29. The van der Waals surface area contributed by atoms with E-state index in [1.807, 2.05) is 62.4 Å². The Morgan fingerprint density at radius 2 is 1.72 bits per heavy atom. The highest BCUT2D eigenvalue weighted by molar-refractivity contribution is 6.13. The van der Waals surface area contributed by atoms with Crippen LogP contribution in [0, 0.1) is 11.8 Å². The lowest BCUT2D eigenvalue weighted by molar-refractivity contribution is -0.130. The van der Waals surface area contributed by atoms with E-state index in [9.17, 15) is 23.9 Å². The zero-order valence-corrected chi connectivity index (χ0v) is 18.0. The van der Waals surface area contributed by atoms with E-state index in [0.717, 1.165) is 21.8 Å². The highest BCUT2D eigenvalue weighted by atomic mass is 19.1. The summed E-state index contributed by atoms with van der Waals surface area (Å²) in [6.45, 7) is 2.42. The van der Waals surface area contributed by atoms with E-state index in [2.05, 4.69) is 10.6 Å². The quantitative estimate of drug-likeness (QED) is 0.550. The number of hydrogen-bond acceptors (Lipinski definition) is 4. The standard InChI is InChI=1S/C24H26FN3O4/c1-14(2)17(23(31)26-20-12-21(29)27-24(20,32)13-25)11-22(30)28-18-9-5-3-7-15(18)16-8-4-6-10-19(16)28/h3-10,14,17,20,32H,11-13H2,1-2H3,(H,26,31)(H,27,29)/t17-,20?,24?/m0/s1. The van der Waals surface area contributed by atoms with Gasteiger partial charge in [0, 0.05) is 23.1 Å². The average Bonchev–Trinajstić information content (AvgIpc) is 3.25. The number of aromatic nitrogens is 1. The molecule has 1 aliphatic heterocycles. The molecule has 0 radical (unpaired) electrons. The maximum absolute atomic E-state index is 13.4. The van der Waals surface area contributed by atoms with Gasteiger partial charge in [-0.05, 0) is 18.1 Å². The van der Waals surface area contributed by atoms with E-state index >= 15 is 0 Å². The molecule has 3 aromatic rings. The monoisotopic (exact) mass is 439 g/mol. The second-order valence-electron chi connectivity index (χ2n) is 8.69. The van der Waals surface area contributed by atoms with Gasteiger partial charge in [-0.3, -0.25) is 19.0 Å². The minimum Gasteiger partial charge on any atom is -0.367 e. The van der Waals surface area contributed by atoms with Crippen molar-refractivity contribution in [1.82, 2.24) is 15.2 Å². The second kappa shape index (κ2) is 8.35. The van der Waals surface area contributed by atoms with Gasteiger partial charge in [0.1, 0.15) is 6.67 Å². The van der Waals surface area contributed by atoms with Crippen LogP contribution < -0.4 is 10.6 Å². The first-order valence-corrected chi connectivity index (χ1v) is 10.7. The van der Waals surface area contributed by atoms with Crippen LogP contribution in [0.3, 0.4) is 0 Å². The fourth-order valence-corrected chi connectivity index (χ4v) is 4.41. The Kier molecular flexibility index (Phi) is 5.73. The minimum absolute atomic E-state index is 0.0751. The fraction of sp³-hybridized carbons (Fsp3) is 0.375. The summed E-state index contributed by atoms with van der Waals surface area (Å²) in [5, 5.41) is 16.9. The molecule has 7 nitrogen and oxygen atoms in total. The zero-order valence-electron chi connectivity index (χ0n) is 18.0. The molecule has 2 amide bonds. The molecular formula is C24H26FN3O4. The van der Waals surface area contributed by atoms with Gasteiger partial charge in [0.2, 0.25) is 17.7 Å². The molecule has 2 heterocycles. The van der Waals surface area contributed by atoms with Crippen molar-refractivity contribution >= 4 is 39.5 Å². The first kappa shape index (κ1) is 22.0. The van der Waals surface area contributed by atoms with Crippen LogP contribution >= 0.6 is 0 Å². The number of benzene rings is 2. The SMILES string of the molecule is CC(C)[C@H](CC(=O)n1c2ccccc2c2ccccc21)C(=O)NC1CC(=O)NC1(O)CF. The molecular weight excluding hydrogens is 413 g/mol. The molecule has 2 unspecified atom stereocenters. The summed E-state index contributed by atoms with van der Waals surface area (Å²) in [7, 11) is 0. The van der Waals surface area contributed by atoms with Crippen LogP contribution in [0.2, 0.25) is 0 Å². The number of rotatable bonds is 6. The van der Waals surface area contributed by atoms with Gasteiger partial charge in [0.05, 0.1) is 23.5 Å². The smallest absolute Gasteiger partial charge is 0.232 e. The first-order chi connectivity index (χ1) is 15.2. The van der Waals surface area contributed by atoms with Gasteiger partial charge in [-0.15, -0.1) is 0 Å². The second-order valence-corrected chi connectivity index (χ2v) is 8.69. The number of hydrogen-bond donors (Lipinski definition) is 3. The normalized spacial score (nSPS) is 21.8. The number of para-hydroxylation sites is 2. The Morgan fingerprint density at radius 1 is 1.16 bits per heavy atom. The van der Waals surface area contributed by atoms with Crippen molar-refractivity contribution in [2.24, 2.45) is 11.8 Å². The van der Waals surface area contributed by atoms with Crippen LogP contribution in [0.1, 0.15) is 31.5 Å². The number of carbonyl (C=O) groups is 3. The number of nitrogens with one attached hydrogen (secondary N) is 2. The number of amides is 2. The fourth-order valence-electron chi connectivity index (χ4n) is 4.41. The number of halogens is 1. The van der Waals surface area contributed by atoms with Gasteiger partial charge in [0.25, 0.3) is 0 Å². The van der Waals surface area contributed by atoms with Crippen molar-refractivity contribution in [2.75, 3.05) is 6.67 Å². The number of nitrogens with zero attached hydrogens (tertiary/aromatic N) is 1. The molecule has 2 aromatic carbocycles. The third kappa shape index (κ3) is 3.75. The van der Waals surface area contributed by atoms with Gasteiger partial charge < -0.3 is 15.7 Å². The number of alkyl halides is 1. The molecule has 4 rings (SSSR count). The number of aliphatic hydroxyl groups is 1. The minimum atomic E-state index is -2.13. The van der Waals surface area contributed by atoms with E-state index < -0.39 is 36.2 Å². The molecule has 8 heteroatoms. The summed E-state index contributed by atoms with van der Waals surface area (Å²) in [6.07, 6.45) is -0.299. The van der Waals surface area contributed by atoms with E-state index in [0.29, 0.717) is 0 Å².